The monoisotopic (exact) mass is 259 g/mol. The number of ether oxygens (including phenoxy) is 2. The molecule has 19 heavy (non-hydrogen) atoms. The van der Waals surface area contributed by atoms with Gasteiger partial charge in [0.15, 0.2) is 0 Å². The Hall–Kier alpha value is -1.88. The minimum atomic E-state index is 0.137. The summed E-state index contributed by atoms with van der Waals surface area (Å²) in [7, 11) is 1.59. The summed E-state index contributed by atoms with van der Waals surface area (Å²) in [5.41, 5.74) is 1.63. The molecule has 1 aromatic heterocycles. The van der Waals surface area contributed by atoms with Gasteiger partial charge in [0.05, 0.1) is 18.1 Å². The Kier molecular flexibility index (Phi) is 3.46. The van der Waals surface area contributed by atoms with Crippen LogP contribution in [-0.2, 0) is 0 Å². The maximum absolute atomic E-state index is 5.92. The van der Waals surface area contributed by atoms with Gasteiger partial charge >= 0.3 is 0 Å². The average Bonchev–Trinajstić information content (AvgIpc) is 2.47. The Bertz CT molecular complexity index is 568. The first-order chi connectivity index (χ1) is 9.36. The minimum absolute atomic E-state index is 0.137. The van der Waals surface area contributed by atoms with Crippen molar-refractivity contribution in [3.63, 3.8) is 0 Å². The van der Waals surface area contributed by atoms with Crippen LogP contribution in [0.5, 0.6) is 11.8 Å². The van der Waals surface area contributed by atoms with E-state index in [0.29, 0.717) is 11.8 Å². The molecular weight excluding hydrogens is 242 g/mol. The van der Waals surface area contributed by atoms with Crippen molar-refractivity contribution < 1.29 is 9.47 Å². The highest BCUT2D eigenvalue weighted by Crippen LogP contribution is 2.26. The lowest BCUT2D eigenvalue weighted by atomic mass is 10.1. The minimum Gasteiger partial charge on any atom is -0.477 e. The molecule has 1 aromatic carbocycles. The number of nitrogens with one attached hydrogen (secondary N) is 1. The van der Waals surface area contributed by atoms with Gasteiger partial charge in [0.2, 0.25) is 0 Å². The standard InChI is InChI=1S/C14H17N3O2/c1-18-13-14(19-10-5-4-8-15-9-10)17-12-7-3-2-6-11(12)16-13/h2-3,6-7,10,15H,4-5,8-9H2,1H3/t10-/m1/s1. The Balaban J connectivity index is 1.91. The number of methoxy groups -OCH3 is 1. The molecule has 2 aromatic rings. The van der Waals surface area contributed by atoms with Crippen molar-refractivity contribution in [2.24, 2.45) is 0 Å². The van der Waals surface area contributed by atoms with Crippen molar-refractivity contribution in [2.75, 3.05) is 20.2 Å². The third-order valence-corrected chi connectivity index (χ3v) is 3.23. The van der Waals surface area contributed by atoms with Crippen LogP contribution in [-0.4, -0.2) is 36.3 Å². The quantitative estimate of drug-likeness (QED) is 0.910. The molecule has 100 valence electrons. The maximum atomic E-state index is 5.92. The van der Waals surface area contributed by atoms with E-state index in [1.165, 1.54) is 0 Å². The van der Waals surface area contributed by atoms with Crippen LogP contribution in [0, 0.1) is 0 Å². The molecule has 0 amide bonds. The van der Waals surface area contributed by atoms with Crippen LogP contribution in [0.15, 0.2) is 24.3 Å². The smallest absolute Gasteiger partial charge is 0.279 e. The molecular formula is C14H17N3O2. The zero-order chi connectivity index (χ0) is 13.1. The Morgan fingerprint density at radius 1 is 1.16 bits per heavy atom. The fourth-order valence-electron chi connectivity index (χ4n) is 2.26. The molecule has 5 nitrogen and oxygen atoms in total. The van der Waals surface area contributed by atoms with Crippen LogP contribution in [0.4, 0.5) is 0 Å². The molecule has 0 radical (unpaired) electrons. The number of hydrogen-bond donors (Lipinski definition) is 1. The molecule has 2 heterocycles. The van der Waals surface area contributed by atoms with Gasteiger partial charge in [-0.1, -0.05) is 12.1 Å². The third-order valence-electron chi connectivity index (χ3n) is 3.23. The second-order valence-electron chi connectivity index (χ2n) is 4.61. The van der Waals surface area contributed by atoms with Gasteiger partial charge in [-0.15, -0.1) is 0 Å². The van der Waals surface area contributed by atoms with Crippen molar-refractivity contribution in [3.8, 4) is 11.8 Å². The van der Waals surface area contributed by atoms with E-state index in [9.17, 15) is 0 Å². The number of rotatable bonds is 3. The summed E-state index contributed by atoms with van der Waals surface area (Å²) in [5.74, 6) is 0.930. The van der Waals surface area contributed by atoms with E-state index >= 15 is 0 Å². The number of fused-ring (bicyclic) bond motifs is 1. The molecule has 1 fully saturated rings. The van der Waals surface area contributed by atoms with Gasteiger partial charge in [0.25, 0.3) is 11.8 Å². The van der Waals surface area contributed by atoms with E-state index in [-0.39, 0.29) is 6.10 Å². The van der Waals surface area contributed by atoms with Gasteiger partial charge in [-0.05, 0) is 31.5 Å². The first kappa shape index (κ1) is 12.2. The molecule has 1 aliphatic rings. The van der Waals surface area contributed by atoms with Gasteiger partial charge in [-0.3, -0.25) is 0 Å². The first-order valence-electron chi connectivity index (χ1n) is 6.55. The number of benzene rings is 1. The Morgan fingerprint density at radius 3 is 2.53 bits per heavy atom. The van der Waals surface area contributed by atoms with E-state index in [2.05, 4.69) is 15.3 Å². The Labute approximate surface area is 112 Å². The predicted octanol–water partition coefficient (Wildman–Crippen LogP) is 1.77. The molecule has 0 bridgehead atoms. The molecule has 1 N–H and O–H groups in total. The van der Waals surface area contributed by atoms with Gasteiger partial charge in [-0.2, -0.15) is 0 Å². The molecule has 0 spiro atoms. The number of hydrogen-bond acceptors (Lipinski definition) is 5. The summed E-state index contributed by atoms with van der Waals surface area (Å²) in [6.07, 6.45) is 2.29. The summed E-state index contributed by atoms with van der Waals surface area (Å²) in [4.78, 5) is 8.93. The molecule has 0 unspecified atom stereocenters. The molecule has 1 saturated heterocycles. The number of piperidine rings is 1. The van der Waals surface area contributed by atoms with Crippen LogP contribution in [0.2, 0.25) is 0 Å². The van der Waals surface area contributed by atoms with Crippen LogP contribution < -0.4 is 14.8 Å². The van der Waals surface area contributed by atoms with Crippen molar-refractivity contribution >= 4 is 11.0 Å². The second kappa shape index (κ2) is 5.40. The van der Waals surface area contributed by atoms with Gasteiger partial charge in [0, 0.05) is 6.54 Å². The van der Waals surface area contributed by atoms with E-state index < -0.39 is 0 Å². The van der Waals surface area contributed by atoms with Crippen LogP contribution in [0.3, 0.4) is 0 Å². The first-order valence-corrected chi connectivity index (χ1v) is 6.55. The van der Waals surface area contributed by atoms with E-state index in [4.69, 9.17) is 9.47 Å². The van der Waals surface area contributed by atoms with E-state index in [1.807, 2.05) is 24.3 Å². The number of aromatic nitrogens is 2. The van der Waals surface area contributed by atoms with Crippen LogP contribution in [0.1, 0.15) is 12.8 Å². The number of nitrogens with zero attached hydrogens (tertiary/aromatic N) is 2. The van der Waals surface area contributed by atoms with Crippen molar-refractivity contribution in [1.82, 2.24) is 15.3 Å². The van der Waals surface area contributed by atoms with Gasteiger partial charge in [0.1, 0.15) is 6.10 Å². The summed E-state index contributed by atoms with van der Waals surface area (Å²) >= 11 is 0. The van der Waals surface area contributed by atoms with Crippen molar-refractivity contribution in [2.45, 2.75) is 18.9 Å². The van der Waals surface area contributed by atoms with E-state index in [0.717, 1.165) is 37.0 Å². The van der Waals surface area contributed by atoms with Crippen LogP contribution in [0.25, 0.3) is 11.0 Å². The molecule has 5 heteroatoms. The molecule has 3 rings (SSSR count). The van der Waals surface area contributed by atoms with E-state index in [1.54, 1.807) is 7.11 Å². The lowest BCUT2D eigenvalue weighted by molar-refractivity contribution is 0.153. The lowest BCUT2D eigenvalue weighted by Crippen LogP contribution is -2.37. The zero-order valence-electron chi connectivity index (χ0n) is 10.9. The summed E-state index contributed by atoms with van der Waals surface area (Å²) in [6.45, 7) is 1.90. The van der Waals surface area contributed by atoms with Crippen molar-refractivity contribution in [1.29, 1.82) is 0 Å². The highest BCUT2D eigenvalue weighted by molar-refractivity contribution is 5.75. The molecule has 1 aliphatic heterocycles. The fraction of sp³-hybridized carbons (Fsp3) is 0.429. The zero-order valence-corrected chi connectivity index (χ0v) is 10.9. The summed E-state index contributed by atoms with van der Waals surface area (Å²) in [5, 5.41) is 3.32. The van der Waals surface area contributed by atoms with Crippen molar-refractivity contribution in [3.05, 3.63) is 24.3 Å². The van der Waals surface area contributed by atoms with Gasteiger partial charge < -0.3 is 14.8 Å². The van der Waals surface area contributed by atoms with Gasteiger partial charge in [-0.25, -0.2) is 9.97 Å². The average molecular weight is 259 g/mol. The number of para-hydroxylation sites is 2. The highest BCUT2D eigenvalue weighted by atomic mass is 16.5. The lowest BCUT2D eigenvalue weighted by Gasteiger charge is -2.23. The highest BCUT2D eigenvalue weighted by Gasteiger charge is 2.18. The SMILES string of the molecule is COc1nc2ccccc2nc1O[C@@H]1CCCNC1. The largest absolute Gasteiger partial charge is 0.477 e. The topological polar surface area (TPSA) is 56.3 Å². The predicted molar refractivity (Wildman–Crippen MR) is 72.6 cm³/mol. The third kappa shape index (κ3) is 2.61. The molecule has 0 saturated carbocycles. The fourth-order valence-corrected chi connectivity index (χ4v) is 2.26. The summed E-state index contributed by atoms with van der Waals surface area (Å²) in [6, 6.07) is 7.71. The summed E-state index contributed by atoms with van der Waals surface area (Å²) < 4.78 is 11.2. The van der Waals surface area contributed by atoms with Crippen LogP contribution >= 0.6 is 0 Å². The maximum Gasteiger partial charge on any atom is 0.279 e. The normalized spacial score (nSPS) is 19.3. The molecule has 0 aliphatic carbocycles. The second-order valence-corrected chi connectivity index (χ2v) is 4.61. The molecule has 1 atom stereocenters. The Morgan fingerprint density at radius 2 is 1.89 bits per heavy atom.